The van der Waals surface area contributed by atoms with Gasteiger partial charge in [0.15, 0.2) is 5.84 Å². The molecule has 0 atom stereocenters. The van der Waals surface area contributed by atoms with Gasteiger partial charge in [0.25, 0.3) is 0 Å². The van der Waals surface area contributed by atoms with Crippen LogP contribution < -0.4 is 16.4 Å². The number of rotatable bonds is 3. The van der Waals surface area contributed by atoms with Crippen LogP contribution in [0.4, 0.5) is 10.5 Å². The third-order valence-corrected chi connectivity index (χ3v) is 3.79. The molecule has 0 heterocycles. The molecule has 1 saturated carbocycles. The molecule has 0 bridgehead atoms. The zero-order valence-electron chi connectivity index (χ0n) is 11.6. The molecule has 0 spiro atoms. The molecule has 0 saturated heterocycles. The van der Waals surface area contributed by atoms with Crippen LogP contribution in [0.25, 0.3) is 0 Å². The largest absolute Gasteiger partial charge is 0.409 e. The number of urea groups is 1. The minimum absolute atomic E-state index is 0.0837. The molecule has 6 nitrogen and oxygen atoms in total. The van der Waals surface area contributed by atoms with Gasteiger partial charge in [0.1, 0.15) is 0 Å². The summed E-state index contributed by atoms with van der Waals surface area (Å²) in [6.07, 6.45) is 5.49. The van der Waals surface area contributed by atoms with Crippen LogP contribution in [0.2, 0.25) is 5.02 Å². The summed E-state index contributed by atoms with van der Waals surface area (Å²) in [6, 6.07) is 4.66. The Morgan fingerprint density at radius 1 is 1.33 bits per heavy atom. The average molecular weight is 311 g/mol. The summed E-state index contributed by atoms with van der Waals surface area (Å²) >= 11 is 5.93. The zero-order chi connectivity index (χ0) is 15.2. The molecular formula is C14H19ClN4O2. The second-order valence-electron chi connectivity index (χ2n) is 5.11. The Hall–Kier alpha value is -1.95. The minimum Gasteiger partial charge on any atom is -0.409 e. The lowest BCUT2D eigenvalue weighted by molar-refractivity contribution is 0.244. The number of amidine groups is 1. The molecular weight excluding hydrogens is 292 g/mol. The van der Waals surface area contributed by atoms with E-state index in [0.29, 0.717) is 16.3 Å². The Bertz CT molecular complexity index is 542. The zero-order valence-corrected chi connectivity index (χ0v) is 12.4. The van der Waals surface area contributed by atoms with E-state index in [1.807, 2.05) is 0 Å². The highest BCUT2D eigenvalue weighted by Gasteiger charge is 2.17. The Kier molecular flexibility index (Phi) is 5.27. The first-order valence-electron chi connectivity index (χ1n) is 6.95. The number of amides is 2. The van der Waals surface area contributed by atoms with Crippen LogP contribution in [0.1, 0.15) is 37.7 Å². The normalized spacial score (nSPS) is 16.5. The fourth-order valence-corrected chi connectivity index (χ4v) is 2.66. The Labute approximate surface area is 128 Å². The van der Waals surface area contributed by atoms with Crippen molar-refractivity contribution < 1.29 is 10.0 Å². The van der Waals surface area contributed by atoms with Gasteiger partial charge in [0.2, 0.25) is 0 Å². The number of carbonyl (C=O) groups excluding carboxylic acids is 1. The topological polar surface area (TPSA) is 99.7 Å². The minimum atomic E-state index is -0.309. The SMILES string of the molecule is NC(=NO)c1ccc(Cl)cc1NC(=O)NC1CCCCC1. The number of nitrogens with one attached hydrogen (secondary N) is 2. The van der Waals surface area contributed by atoms with Gasteiger partial charge in [-0.3, -0.25) is 0 Å². The summed E-state index contributed by atoms with van der Waals surface area (Å²) in [7, 11) is 0. The van der Waals surface area contributed by atoms with Crippen molar-refractivity contribution >= 4 is 29.2 Å². The Morgan fingerprint density at radius 3 is 2.71 bits per heavy atom. The summed E-state index contributed by atoms with van der Waals surface area (Å²) in [4.78, 5) is 12.0. The van der Waals surface area contributed by atoms with Crippen LogP contribution in [-0.2, 0) is 0 Å². The summed E-state index contributed by atoms with van der Waals surface area (Å²) < 4.78 is 0. The third-order valence-electron chi connectivity index (χ3n) is 3.55. The number of nitrogens with two attached hydrogens (primary N) is 1. The smallest absolute Gasteiger partial charge is 0.319 e. The molecule has 1 aromatic rings. The van der Waals surface area contributed by atoms with Crippen molar-refractivity contribution in [1.29, 1.82) is 0 Å². The summed E-state index contributed by atoms with van der Waals surface area (Å²) in [5, 5.41) is 17.8. The third kappa shape index (κ3) is 4.26. The number of halogens is 1. The van der Waals surface area contributed by atoms with Crippen molar-refractivity contribution in [2.45, 2.75) is 38.1 Å². The van der Waals surface area contributed by atoms with Gasteiger partial charge in [-0.05, 0) is 31.0 Å². The van der Waals surface area contributed by atoms with E-state index < -0.39 is 0 Å². The van der Waals surface area contributed by atoms with Gasteiger partial charge in [0.05, 0.1) is 5.69 Å². The van der Waals surface area contributed by atoms with Gasteiger partial charge in [-0.2, -0.15) is 0 Å². The lowest BCUT2D eigenvalue weighted by Crippen LogP contribution is -2.39. The van der Waals surface area contributed by atoms with Gasteiger partial charge in [-0.1, -0.05) is 36.0 Å². The number of carbonyl (C=O) groups is 1. The highest BCUT2D eigenvalue weighted by molar-refractivity contribution is 6.31. The first kappa shape index (κ1) is 15.4. The number of nitrogens with zero attached hydrogens (tertiary/aromatic N) is 1. The van der Waals surface area contributed by atoms with E-state index in [2.05, 4.69) is 15.8 Å². The number of oxime groups is 1. The lowest BCUT2D eigenvalue weighted by Gasteiger charge is -2.23. The Balaban J connectivity index is 2.07. The number of anilines is 1. The van der Waals surface area contributed by atoms with Crippen LogP contribution >= 0.6 is 11.6 Å². The van der Waals surface area contributed by atoms with Gasteiger partial charge >= 0.3 is 6.03 Å². The molecule has 0 radical (unpaired) electrons. The van der Waals surface area contributed by atoms with Gasteiger partial charge in [0, 0.05) is 16.6 Å². The fraction of sp³-hybridized carbons (Fsp3) is 0.429. The van der Waals surface area contributed by atoms with Crippen molar-refractivity contribution in [3.8, 4) is 0 Å². The molecule has 0 aliphatic heterocycles. The standard InChI is InChI=1S/C14H19ClN4O2/c15-9-6-7-11(13(16)19-21)12(8-9)18-14(20)17-10-4-2-1-3-5-10/h6-8,10,21H,1-5H2,(H2,16,19)(H2,17,18,20). The molecule has 7 heteroatoms. The lowest BCUT2D eigenvalue weighted by atomic mass is 9.96. The highest BCUT2D eigenvalue weighted by Crippen LogP contribution is 2.22. The predicted octanol–water partition coefficient (Wildman–Crippen LogP) is 2.89. The van der Waals surface area contributed by atoms with E-state index in [9.17, 15) is 4.79 Å². The van der Waals surface area contributed by atoms with Crippen molar-refractivity contribution in [3.63, 3.8) is 0 Å². The quantitative estimate of drug-likeness (QED) is 0.299. The Morgan fingerprint density at radius 2 is 2.05 bits per heavy atom. The molecule has 1 aromatic carbocycles. The van der Waals surface area contributed by atoms with Gasteiger partial charge in [-0.15, -0.1) is 0 Å². The molecule has 21 heavy (non-hydrogen) atoms. The number of hydrogen-bond donors (Lipinski definition) is 4. The number of hydrogen-bond acceptors (Lipinski definition) is 3. The number of benzene rings is 1. The summed E-state index contributed by atoms with van der Waals surface area (Å²) in [5.74, 6) is -0.0837. The second-order valence-corrected chi connectivity index (χ2v) is 5.54. The maximum Gasteiger partial charge on any atom is 0.319 e. The highest BCUT2D eigenvalue weighted by atomic mass is 35.5. The first-order chi connectivity index (χ1) is 10.1. The van der Waals surface area contributed by atoms with E-state index in [1.165, 1.54) is 6.42 Å². The van der Waals surface area contributed by atoms with Gasteiger partial charge in [-0.25, -0.2) is 4.79 Å². The van der Waals surface area contributed by atoms with Crippen molar-refractivity contribution in [2.24, 2.45) is 10.9 Å². The fourth-order valence-electron chi connectivity index (χ4n) is 2.49. The molecule has 1 fully saturated rings. The van der Waals surface area contributed by atoms with Crippen molar-refractivity contribution in [1.82, 2.24) is 5.32 Å². The van der Waals surface area contributed by atoms with Crippen molar-refractivity contribution in [3.05, 3.63) is 28.8 Å². The van der Waals surface area contributed by atoms with Crippen LogP contribution in [0.5, 0.6) is 0 Å². The average Bonchev–Trinajstić information content (AvgIpc) is 2.47. The van der Waals surface area contributed by atoms with E-state index in [-0.39, 0.29) is 17.9 Å². The maximum absolute atomic E-state index is 12.0. The molecule has 1 aliphatic carbocycles. The molecule has 2 rings (SSSR count). The van der Waals surface area contributed by atoms with E-state index in [4.69, 9.17) is 22.5 Å². The molecule has 2 amide bonds. The van der Waals surface area contributed by atoms with Gasteiger partial charge < -0.3 is 21.6 Å². The van der Waals surface area contributed by atoms with Crippen LogP contribution in [0, 0.1) is 0 Å². The molecule has 0 aromatic heterocycles. The summed E-state index contributed by atoms with van der Waals surface area (Å²) in [6.45, 7) is 0. The molecule has 1 aliphatic rings. The second kappa shape index (κ2) is 7.17. The maximum atomic E-state index is 12.0. The monoisotopic (exact) mass is 310 g/mol. The van der Waals surface area contributed by atoms with E-state index >= 15 is 0 Å². The molecule has 5 N–H and O–H groups in total. The molecule has 0 unspecified atom stereocenters. The van der Waals surface area contributed by atoms with E-state index in [1.54, 1.807) is 18.2 Å². The van der Waals surface area contributed by atoms with Crippen LogP contribution in [0.3, 0.4) is 0 Å². The first-order valence-corrected chi connectivity index (χ1v) is 7.33. The summed E-state index contributed by atoms with van der Waals surface area (Å²) in [5.41, 5.74) is 6.42. The van der Waals surface area contributed by atoms with Crippen LogP contribution in [0.15, 0.2) is 23.4 Å². The predicted molar refractivity (Wildman–Crippen MR) is 83.0 cm³/mol. The molecule has 114 valence electrons. The van der Waals surface area contributed by atoms with E-state index in [0.717, 1.165) is 25.7 Å². The van der Waals surface area contributed by atoms with Crippen LogP contribution in [-0.4, -0.2) is 23.1 Å². The van der Waals surface area contributed by atoms with Crippen molar-refractivity contribution in [2.75, 3.05) is 5.32 Å².